The zero-order chi connectivity index (χ0) is 31.8. The maximum Gasteiger partial charge on any atom is 0.417 e. The summed E-state index contributed by atoms with van der Waals surface area (Å²) in [5.41, 5.74) is -0.213. The van der Waals surface area contributed by atoms with Gasteiger partial charge in [-0.3, -0.25) is 13.9 Å². The van der Waals surface area contributed by atoms with Crippen molar-refractivity contribution in [3.05, 3.63) is 99.0 Å². The summed E-state index contributed by atoms with van der Waals surface area (Å²) < 4.78 is 67.9. The van der Waals surface area contributed by atoms with E-state index in [1.807, 2.05) is 25.1 Å². The molecule has 3 aromatic carbocycles. The minimum Gasteiger partial charge on any atom is -0.354 e. The monoisotopic (exact) mass is 701 g/mol. The third kappa shape index (κ3) is 9.97. The number of sulfonamides is 1. The molecule has 1 N–H and O–H groups in total. The number of carbonyl (C=O) groups excluding carboxylic acids is 2. The maximum absolute atomic E-state index is 14.1. The minimum atomic E-state index is -4.86. The van der Waals surface area contributed by atoms with E-state index in [1.165, 1.54) is 4.90 Å². The molecule has 3 aromatic rings. The predicted molar refractivity (Wildman–Crippen MR) is 165 cm³/mol. The summed E-state index contributed by atoms with van der Waals surface area (Å²) in [6.07, 6.45) is -2.40. The fourth-order valence-electron chi connectivity index (χ4n) is 4.39. The van der Waals surface area contributed by atoms with Crippen LogP contribution in [0.25, 0.3) is 0 Å². The number of benzene rings is 3. The van der Waals surface area contributed by atoms with Crippen LogP contribution in [-0.2, 0) is 38.8 Å². The molecule has 0 spiro atoms. The predicted octanol–water partition coefficient (Wildman–Crippen LogP) is 6.44. The van der Waals surface area contributed by atoms with Crippen LogP contribution >= 0.6 is 27.5 Å². The van der Waals surface area contributed by atoms with E-state index in [1.54, 1.807) is 36.4 Å². The first-order valence-corrected chi connectivity index (χ1v) is 16.4. The van der Waals surface area contributed by atoms with Crippen LogP contribution in [0.5, 0.6) is 0 Å². The molecular weight excluding hydrogens is 671 g/mol. The van der Waals surface area contributed by atoms with Gasteiger partial charge in [0.15, 0.2) is 0 Å². The van der Waals surface area contributed by atoms with Crippen LogP contribution in [0.2, 0.25) is 5.02 Å². The van der Waals surface area contributed by atoms with E-state index in [0.29, 0.717) is 28.9 Å². The van der Waals surface area contributed by atoms with Crippen LogP contribution in [0.3, 0.4) is 0 Å². The van der Waals surface area contributed by atoms with Crippen LogP contribution in [0.1, 0.15) is 36.5 Å². The van der Waals surface area contributed by atoms with Crippen LogP contribution < -0.4 is 9.62 Å². The van der Waals surface area contributed by atoms with Crippen LogP contribution in [0.15, 0.2) is 77.3 Å². The summed E-state index contributed by atoms with van der Waals surface area (Å²) in [5.74, 6) is -1.21. The highest BCUT2D eigenvalue weighted by atomic mass is 79.9. The van der Waals surface area contributed by atoms with Gasteiger partial charge in [-0.05, 0) is 47.9 Å². The SMILES string of the molecule is CCCCNC(=O)[C@@H](Cc1ccccc1)N(Cc1cccc(Br)c1)C(=O)CN(c1ccc(Cl)c(C(F)(F)F)c1)S(C)(=O)=O. The van der Waals surface area contributed by atoms with E-state index in [-0.39, 0.29) is 18.7 Å². The standard InChI is InChI=1S/C30H32BrClF3N3O4S/c1-3-4-15-36-29(40)27(17-21-9-6-5-7-10-21)37(19-22-11-8-12-23(31)16-22)28(39)20-38(43(2,41)42)24-13-14-26(32)25(18-24)30(33,34)35/h5-14,16,18,27H,3-4,15,17,19-20H2,1-2H3,(H,36,40)/t27-/m1/s1. The molecule has 0 heterocycles. The number of amides is 2. The summed E-state index contributed by atoms with van der Waals surface area (Å²) in [7, 11) is -4.26. The number of nitrogens with one attached hydrogen (secondary N) is 1. The molecule has 0 saturated heterocycles. The number of anilines is 1. The van der Waals surface area contributed by atoms with Gasteiger partial charge in [0.05, 0.1) is 22.5 Å². The fraction of sp³-hybridized carbons (Fsp3) is 0.333. The van der Waals surface area contributed by atoms with Crippen molar-refractivity contribution in [2.45, 2.75) is 44.9 Å². The minimum absolute atomic E-state index is 0.0665. The molecule has 232 valence electrons. The number of hydrogen-bond donors (Lipinski definition) is 1. The zero-order valence-corrected chi connectivity index (χ0v) is 26.7. The fourth-order valence-corrected chi connectivity index (χ4v) is 5.90. The van der Waals surface area contributed by atoms with E-state index < -0.39 is 51.2 Å². The van der Waals surface area contributed by atoms with Crippen molar-refractivity contribution in [2.24, 2.45) is 0 Å². The smallest absolute Gasteiger partial charge is 0.354 e. The topological polar surface area (TPSA) is 86.8 Å². The van der Waals surface area contributed by atoms with Crippen molar-refractivity contribution in [3.63, 3.8) is 0 Å². The molecule has 0 fully saturated rings. The third-order valence-corrected chi connectivity index (χ3v) is 8.53. The van der Waals surface area contributed by atoms with Crippen molar-refractivity contribution in [2.75, 3.05) is 23.7 Å². The van der Waals surface area contributed by atoms with Crippen molar-refractivity contribution < 1.29 is 31.2 Å². The van der Waals surface area contributed by atoms with Gasteiger partial charge in [0.25, 0.3) is 0 Å². The normalized spacial score (nSPS) is 12.4. The highest BCUT2D eigenvalue weighted by Gasteiger charge is 2.36. The Bertz CT molecular complexity index is 1520. The van der Waals surface area contributed by atoms with Crippen LogP contribution in [0, 0.1) is 0 Å². The summed E-state index contributed by atoms with van der Waals surface area (Å²) in [4.78, 5) is 28.9. The molecule has 2 amide bonds. The molecule has 0 aliphatic rings. The number of nitrogens with zero attached hydrogens (tertiary/aromatic N) is 2. The zero-order valence-electron chi connectivity index (χ0n) is 23.6. The van der Waals surface area contributed by atoms with Gasteiger partial charge in [-0.25, -0.2) is 8.42 Å². The lowest BCUT2D eigenvalue weighted by Gasteiger charge is -2.33. The average Bonchev–Trinajstić information content (AvgIpc) is 2.93. The number of hydrogen-bond acceptors (Lipinski definition) is 4. The Morgan fingerprint density at radius 2 is 1.67 bits per heavy atom. The molecule has 3 rings (SSSR count). The first-order valence-electron chi connectivity index (χ1n) is 13.4. The third-order valence-electron chi connectivity index (χ3n) is 6.57. The lowest BCUT2D eigenvalue weighted by atomic mass is 10.0. The second kappa shape index (κ2) is 15.1. The van der Waals surface area contributed by atoms with Crippen molar-refractivity contribution >= 4 is 55.1 Å². The van der Waals surface area contributed by atoms with E-state index in [4.69, 9.17) is 11.6 Å². The quantitative estimate of drug-likeness (QED) is 0.208. The van der Waals surface area contributed by atoms with Gasteiger partial charge in [0.2, 0.25) is 21.8 Å². The Morgan fingerprint density at radius 1 is 1.00 bits per heavy atom. The highest BCUT2D eigenvalue weighted by molar-refractivity contribution is 9.10. The van der Waals surface area contributed by atoms with Gasteiger partial charge in [-0.15, -0.1) is 0 Å². The average molecular weight is 703 g/mol. The second-order valence-electron chi connectivity index (χ2n) is 9.93. The van der Waals surface area contributed by atoms with Crippen molar-refractivity contribution in [1.82, 2.24) is 10.2 Å². The van der Waals surface area contributed by atoms with Crippen LogP contribution in [-0.4, -0.2) is 50.5 Å². The largest absolute Gasteiger partial charge is 0.417 e. The summed E-state index contributed by atoms with van der Waals surface area (Å²) >= 11 is 9.16. The molecule has 1 atom stereocenters. The van der Waals surface area contributed by atoms with Gasteiger partial charge in [0, 0.05) is 24.0 Å². The summed E-state index contributed by atoms with van der Waals surface area (Å²) in [6.45, 7) is 1.43. The number of rotatable bonds is 13. The van der Waals surface area contributed by atoms with E-state index in [0.717, 1.165) is 34.8 Å². The molecule has 0 saturated carbocycles. The van der Waals surface area contributed by atoms with Gasteiger partial charge >= 0.3 is 6.18 Å². The van der Waals surface area contributed by atoms with E-state index in [2.05, 4.69) is 21.2 Å². The molecule has 7 nitrogen and oxygen atoms in total. The lowest BCUT2D eigenvalue weighted by molar-refractivity contribution is -0.140. The molecule has 43 heavy (non-hydrogen) atoms. The number of unbranched alkanes of at least 4 members (excludes halogenated alkanes) is 1. The van der Waals surface area contributed by atoms with Gasteiger partial charge in [-0.2, -0.15) is 13.2 Å². The summed E-state index contributed by atoms with van der Waals surface area (Å²) in [5, 5.41) is 2.26. The lowest BCUT2D eigenvalue weighted by Crippen LogP contribution is -2.53. The Labute approximate surface area is 263 Å². The molecule has 0 bridgehead atoms. The molecule has 0 aliphatic heterocycles. The van der Waals surface area contributed by atoms with Crippen molar-refractivity contribution in [3.8, 4) is 0 Å². The Morgan fingerprint density at radius 3 is 2.28 bits per heavy atom. The molecule has 0 aliphatic carbocycles. The molecular formula is C30H32BrClF3N3O4S. The second-order valence-corrected chi connectivity index (χ2v) is 13.2. The van der Waals surface area contributed by atoms with E-state index in [9.17, 15) is 31.2 Å². The van der Waals surface area contributed by atoms with Crippen molar-refractivity contribution in [1.29, 1.82) is 0 Å². The Kier molecular flexibility index (Phi) is 12.1. The van der Waals surface area contributed by atoms with E-state index >= 15 is 0 Å². The highest BCUT2D eigenvalue weighted by Crippen LogP contribution is 2.37. The number of carbonyl (C=O) groups is 2. The first-order chi connectivity index (χ1) is 20.2. The molecule has 0 unspecified atom stereocenters. The van der Waals surface area contributed by atoms with Gasteiger partial charge in [-0.1, -0.05) is 83.3 Å². The first kappa shape index (κ1) is 34.4. The van der Waals surface area contributed by atoms with Crippen LogP contribution in [0.4, 0.5) is 18.9 Å². The molecule has 0 radical (unpaired) electrons. The summed E-state index contributed by atoms with van der Waals surface area (Å²) in [6, 6.07) is 17.7. The molecule has 0 aromatic heterocycles. The maximum atomic E-state index is 14.1. The molecule has 13 heteroatoms. The van der Waals surface area contributed by atoms with Gasteiger partial charge in [0.1, 0.15) is 12.6 Å². The Hall–Kier alpha value is -3.09. The number of halogens is 5. The van der Waals surface area contributed by atoms with Gasteiger partial charge < -0.3 is 10.2 Å². The number of alkyl halides is 3. The Balaban J connectivity index is 2.08.